The number of aromatic nitrogens is 2. The van der Waals surface area contributed by atoms with Crippen LogP contribution >= 0.6 is 0 Å². The molecule has 0 aliphatic heterocycles. The summed E-state index contributed by atoms with van der Waals surface area (Å²) in [5, 5.41) is 0. The lowest BCUT2D eigenvalue weighted by molar-refractivity contribution is -0.138. The molecule has 0 fully saturated rings. The molecule has 0 atom stereocenters. The summed E-state index contributed by atoms with van der Waals surface area (Å²) in [6, 6.07) is 3.43. The average molecular weight is 334 g/mol. The Bertz CT molecular complexity index is 793. The minimum absolute atomic E-state index is 0.213. The summed E-state index contributed by atoms with van der Waals surface area (Å²) in [7, 11) is 0. The molecular formula is C14H8F6N2O. The van der Waals surface area contributed by atoms with E-state index < -0.39 is 47.8 Å². The molecule has 2 aromatic heterocycles. The topological polar surface area (TPSA) is 34.9 Å². The summed E-state index contributed by atoms with van der Waals surface area (Å²) >= 11 is 0. The van der Waals surface area contributed by atoms with Gasteiger partial charge in [-0.25, -0.2) is 4.98 Å². The van der Waals surface area contributed by atoms with Crippen molar-refractivity contribution in [2.75, 3.05) is 0 Å². The molecule has 3 nitrogen and oxygen atoms in total. The predicted octanol–water partition coefficient (Wildman–Crippen LogP) is 3.79. The highest BCUT2D eigenvalue weighted by Crippen LogP contribution is 2.42. The highest BCUT2D eigenvalue weighted by molar-refractivity contribution is 6.05. The maximum Gasteiger partial charge on any atom is 0.418 e. The Kier molecular flexibility index (Phi) is 3.27. The first kappa shape index (κ1) is 15.6. The van der Waals surface area contributed by atoms with Gasteiger partial charge >= 0.3 is 12.1 Å². The van der Waals surface area contributed by atoms with Crippen LogP contribution in [0.3, 0.4) is 0 Å². The Balaban J connectivity index is 2.27. The van der Waals surface area contributed by atoms with Crippen LogP contribution in [0.15, 0.2) is 24.4 Å². The molecule has 23 heavy (non-hydrogen) atoms. The van der Waals surface area contributed by atoms with Gasteiger partial charge in [0.05, 0.1) is 11.1 Å². The molecule has 0 N–H and O–H groups in total. The molecule has 122 valence electrons. The third-order valence-corrected chi connectivity index (χ3v) is 3.59. The number of pyridine rings is 1. The van der Waals surface area contributed by atoms with Crippen molar-refractivity contribution in [3.8, 4) is 5.82 Å². The lowest BCUT2D eigenvalue weighted by Gasteiger charge is -2.22. The third-order valence-electron chi connectivity index (χ3n) is 3.59. The van der Waals surface area contributed by atoms with Gasteiger partial charge in [0.1, 0.15) is 5.82 Å². The average Bonchev–Trinajstić information content (AvgIpc) is 2.83. The molecule has 1 aliphatic carbocycles. The number of rotatable bonds is 1. The summed E-state index contributed by atoms with van der Waals surface area (Å²) in [5.41, 5.74) is -2.78. The highest BCUT2D eigenvalue weighted by atomic mass is 19.4. The van der Waals surface area contributed by atoms with Gasteiger partial charge in [-0.1, -0.05) is 6.07 Å². The van der Waals surface area contributed by atoms with Crippen molar-refractivity contribution in [1.29, 1.82) is 0 Å². The Morgan fingerprint density at radius 2 is 1.91 bits per heavy atom. The molecule has 0 saturated carbocycles. The van der Waals surface area contributed by atoms with E-state index in [9.17, 15) is 31.1 Å². The van der Waals surface area contributed by atoms with Crippen LogP contribution in [0.25, 0.3) is 5.82 Å². The zero-order valence-electron chi connectivity index (χ0n) is 11.3. The quantitative estimate of drug-likeness (QED) is 0.587. The SMILES string of the molecule is O=C1c2c(C(F)(F)F)cn(-c3cccc(F)n3)c2CCC1(F)F. The Morgan fingerprint density at radius 1 is 1.22 bits per heavy atom. The summed E-state index contributed by atoms with van der Waals surface area (Å²) < 4.78 is 80.4. The zero-order chi connectivity index (χ0) is 17.0. The van der Waals surface area contributed by atoms with Gasteiger partial charge in [-0.3, -0.25) is 4.79 Å². The lowest BCUT2D eigenvalue weighted by Crippen LogP contribution is -2.35. The molecule has 0 saturated heterocycles. The molecular weight excluding hydrogens is 326 g/mol. The van der Waals surface area contributed by atoms with Crippen molar-refractivity contribution < 1.29 is 31.1 Å². The van der Waals surface area contributed by atoms with Gasteiger partial charge in [0, 0.05) is 18.3 Å². The second kappa shape index (κ2) is 4.84. The number of nitrogens with zero attached hydrogens (tertiary/aromatic N) is 2. The van der Waals surface area contributed by atoms with Gasteiger partial charge in [-0.15, -0.1) is 0 Å². The van der Waals surface area contributed by atoms with Gasteiger partial charge in [-0.2, -0.15) is 26.3 Å². The number of hydrogen-bond acceptors (Lipinski definition) is 2. The fourth-order valence-corrected chi connectivity index (χ4v) is 2.57. The largest absolute Gasteiger partial charge is 0.418 e. The van der Waals surface area contributed by atoms with Crippen molar-refractivity contribution in [1.82, 2.24) is 9.55 Å². The van der Waals surface area contributed by atoms with E-state index in [1.54, 1.807) is 0 Å². The summed E-state index contributed by atoms with van der Waals surface area (Å²) in [5.74, 6) is -6.88. The van der Waals surface area contributed by atoms with Gasteiger partial charge in [0.2, 0.25) is 11.7 Å². The molecule has 0 radical (unpaired) electrons. The minimum atomic E-state index is -4.99. The van der Waals surface area contributed by atoms with Crippen LogP contribution in [0, 0.1) is 5.95 Å². The number of fused-ring (bicyclic) bond motifs is 1. The molecule has 0 spiro atoms. The van der Waals surface area contributed by atoms with Gasteiger partial charge < -0.3 is 4.57 Å². The molecule has 9 heteroatoms. The molecule has 0 amide bonds. The standard InChI is InChI=1S/C14H8F6N2O/c15-9-2-1-3-10(21-9)22-6-7(14(18,19)20)11-8(22)4-5-13(16,17)12(11)23/h1-3,6H,4-5H2. The maximum absolute atomic E-state index is 13.5. The Morgan fingerprint density at radius 3 is 2.52 bits per heavy atom. The lowest BCUT2D eigenvalue weighted by atomic mass is 9.90. The first-order chi connectivity index (χ1) is 10.6. The van der Waals surface area contributed by atoms with Gasteiger partial charge in [0.25, 0.3) is 0 Å². The van der Waals surface area contributed by atoms with Crippen LogP contribution < -0.4 is 0 Å². The molecule has 3 rings (SSSR count). The minimum Gasteiger partial charge on any atom is -0.304 e. The van der Waals surface area contributed by atoms with Crippen LogP contribution in [-0.2, 0) is 12.6 Å². The van der Waals surface area contributed by atoms with Crippen molar-refractivity contribution in [3.63, 3.8) is 0 Å². The van der Waals surface area contributed by atoms with E-state index in [4.69, 9.17) is 0 Å². The Labute approximate surface area is 125 Å². The van der Waals surface area contributed by atoms with Crippen molar-refractivity contribution >= 4 is 5.78 Å². The number of halogens is 6. The molecule has 1 aliphatic rings. The maximum atomic E-state index is 13.5. The number of carbonyl (C=O) groups is 1. The summed E-state index contributed by atoms with van der Waals surface area (Å²) in [6.45, 7) is 0. The van der Waals surface area contributed by atoms with Crippen LogP contribution in [0.2, 0.25) is 0 Å². The van der Waals surface area contributed by atoms with Crippen LogP contribution in [-0.4, -0.2) is 21.3 Å². The zero-order valence-corrected chi connectivity index (χ0v) is 11.3. The van der Waals surface area contributed by atoms with Gasteiger partial charge in [-0.05, 0) is 18.6 Å². The predicted molar refractivity (Wildman–Crippen MR) is 66.1 cm³/mol. The summed E-state index contributed by atoms with van der Waals surface area (Å²) in [6.07, 6.45) is -5.85. The van der Waals surface area contributed by atoms with E-state index in [0.717, 1.165) is 10.6 Å². The number of ketones is 1. The highest BCUT2D eigenvalue weighted by Gasteiger charge is 2.50. The molecule has 0 bridgehead atoms. The van der Waals surface area contributed by atoms with E-state index in [2.05, 4.69) is 4.98 Å². The Hall–Kier alpha value is -2.32. The number of carbonyl (C=O) groups excluding carboxylic acids is 1. The van der Waals surface area contributed by atoms with Crippen molar-refractivity contribution in [2.24, 2.45) is 0 Å². The van der Waals surface area contributed by atoms with Gasteiger partial charge in [0.15, 0.2) is 0 Å². The van der Waals surface area contributed by atoms with E-state index in [0.29, 0.717) is 6.20 Å². The smallest absolute Gasteiger partial charge is 0.304 e. The number of hydrogen-bond donors (Lipinski definition) is 0. The fraction of sp³-hybridized carbons (Fsp3) is 0.286. The molecule has 2 aromatic rings. The van der Waals surface area contributed by atoms with E-state index in [1.807, 2.05) is 0 Å². The normalized spacial score (nSPS) is 17.2. The second-order valence-electron chi connectivity index (χ2n) is 5.08. The van der Waals surface area contributed by atoms with Crippen LogP contribution in [0.1, 0.15) is 28.0 Å². The fourth-order valence-electron chi connectivity index (χ4n) is 2.57. The van der Waals surface area contributed by atoms with Crippen LogP contribution in [0.5, 0.6) is 0 Å². The summed E-state index contributed by atoms with van der Waals surface area (Å²) in [4.78, 5) is 15.2. The third kappa shape index (κ3) is 2.49. The molecule has 2 heterocycles. The van der Waals surface area contributed by atoms with E-state index in [-0.39, 0.29) is 11.5 Å². The monoisotopic (exact) mass is 334 g/mol. The van der Waals surface area contributed by atoms with Crippen molar-refractivity contribution in [3.05, 3.63) is 47.2 Å². The number of Topliss-reactive ketones (excluding diaryl/α,β-unsaturated/α-hetero) is 1. The van der Waals surface area contributed by atoms with Crippen molar-refractivity contribution in [2.45, 2.75) is 24.9 Å². The molecule has 0 unspecified atom stereocenters. The first-order valence-corrected chi connectivity index (χ1v) is 6.48. The second-order valence-corrected chi connectivity index (χ2v) is 5.08. The molecule has 0 aromatic carbocycles. The van der Waals surface area contributed by atoms with Crippen LogP contribution in [0.4, 0.5) is 26.3 Å². The van der Waals surface area contributed by atoms with E-state index >= 15 is 0 Å². The first-order valence-electron chi connectivity index (χ1n) is 6.48. The van der Waals surface area contributed by atoms with E-state index in [1.165, 1.54) is 12.1 Å². The number of alkyl halides is 5.